The number of para-hydroxylation sites is 2. The second-order valence-electron chi connectivity index (χ2n) is 11.5. The smallest absolute Gasteiger partial charge is 0.336 e. The van der Waals surface area contributed by atoms with Crippen molar-refractivity contribution in [1.29, 1.82) is 0 Å². The maximum atomic E-state index is 2.60. The van der Waals surface area contributed by atoms with Crippen molar-refractivity contribution < 1.29 is 4.57 Å². The molecule has 0 saturated carbocycles. The van der Waals surface area contributed by atoms with Crippen LogP contribution in [-0.4, -0.2) is 6.98 Å². The largest absolute Gasteiger partial charge is 0.543 e. The quantitative estimate of drug-likeness (QED) is 0.241. The zero-order valence-electron chi connectivity index (χ0n) is 22.3. The van der Waals surface area contributed by atoms with Crippen LogP contribution >= 0.6 is 0 Å². The van der Waals surface area contributed by atoms with Gasteiger partial charge in [0.25, 0.3) is 5.82 Å². The molecule has 0 aliphatic carbocycles. The highest BCUT2D eigenvalue weighted by Gasteiger charge is 2.54. The Morgan fingerprint density at radius 1 is 0.750 bits per heavy atom. The van der Waals surface area contributed by atoms with E-state index in [0.29, 0.717) is 0 Å². The highest BCUT2D eigenvalue weighted by atomic mass is 15.3. The molecule has 1 aromatic heterocycles. The SMILES string of the molecule is Cc1cccc2c1B1N(c3ccccc3CC2)c2cccc(C)c2N1c1cc(C(C)(C)C)cc[n+]1C. The van der Waals surface area contributed by atoms with Gasteiger partial charge in [0.2, 0.25) is 0 Å². The predicted molar refractivity (Wildman–Crippen MR) is 152 cm³/mol. The molecule has 0 atom stereocenters. The van der Waals surface area contributed by atoms with E-state index in [9.17, 15) is 0 Å². The van der Waals surface area contributed by atoms with Crippen LogP contribution < -0.4 is 19.7 Å². The van der Waals surface area contributed by atoms with Crippen LogP contribution in [0, 0.1) is 13.8 Å². The van der Waals surface area contributed by atoms with Gasteiger partial charge in [-0.2, -0.15) is 0 Å². The average Bonchev–Trinajstić information content (AvgIpc) is 3.16. The Morgan fingerprint density at radius 3 is 2.22 bits per heavy atom. The summed E-state index contributed by atoms with van der Waals surface area (Å²) in [5.74, 6) is 1.22. The third-order valence-electron chi connectivity index (χ3n) is 8.03. The summed E-state index contributed by atoms with van der Waals surface area (Å²) in [4.78, 5) is 5.21. The fourth-order valence-electron chi connectivity index (χ4n) is 6.10. The van der Waals surface area contributed by atoms with Gasteiger partial charge in [-0.15, -0.1) is 0 Å². The van der Waals surface area contributed by atoms with Gasteiger partial charge in [0, 0.05) is 17.2 Å². The molecule has 0 amide bonds. The lowest BCUT2D eigenvalue weighted by atomic mass is 9.59. The first-order valence-corrected chi connectivity index (χ1v) is 13.1. The second-order valence-corrected chi connectivity index (χ2v) is 11.5. The van der Waals surface area contributed by atoms with Crippen molar-refractivity contribution in [3.63, 3.8) is 0 Å². The van der Waals surface area contributed by atoms with E-state index in [1.165, 1.54) is 56.2 Å². The number of nitrogens with zero attached hydrogens (tertiary/aromatic N) is 3. The van der Waals surface area contributed by atoms with Crippen LogP contribution in [0.4, 0.5) is 22.9 Å². The molecule has 6 rings (SSSR count). The molecular formula is C32H35BN3+. The third kappa shape index (κ3) is 3.46. The summed E-state index contributed by atoms with van der Waals surface area (Å²) in [6.45, 7) is 11.5. The predicted octanol–water partition coefficient (Wildman–Crippen LogP) is 6.21. The minimum Gasteiger partial charge on any atom is -0.336 e. The monoisotopic (exact) mass is 472 g/mol. The van der Waals surface area contributed by atoms with Gasteiger partial charge in [-0.3, -0.25) is 4.81 Å². The zero-order chi connectivity index (χ0) is 25.2. The zero-order valence-corrected chi connectivity index (χ0v) is 22.3. The van der Waals surface area contributed by atoms with E-state index in [-0.39, 0.29) is 12.4 Å². The highest BCUT2D eigenvalue weighted by Crippen LogP contribution is 2.49. The van der Waals surface area contributed by atoms with E-state index < -0.39 is 0 Å². The lowest BCUT2D eigenvalue weighted by molar-refractivity contribution is -0.658. The molecule has 36 heavy (non-hydrogen) atoms. The molecule has 0 saturated heterocycles. The Kier molecular flexibility index (Phi) is 5.26. The summed E-state index contributed by atoms with van der Waals surface area (Å²) in [6.07, 6.45) is 4.33. The maximum absolute atomic E-state index is 2.60. The number of rotatable bonds is 1. The number of benzene rings is 3. The fourth-order valence-corrected chi connectivity index (χ4v) is 6.10. The number of hydrogen-bond donors (Lipinski definition) is 0. The number of pyridine rings is 1. The van der Waals surface area contributed by atoms with Crippen LogP contribution in [0.15, 0.2) is 79.0 Å². The topological polar surface area (TPSA) is 10.4 Å². The lowest BCUT2D eigenvalue weighted by Gasteiger charge is -2.31. The normalized spacial score (nSPS) is 14.6. The van der Waals surface area contributed by atoms with Crippen molar-refractivity contribution in [2.75, 3.05) is 9.62 Å². The summed E-state index contributed by atoms with van der Waals surface area (Å²) in [5.41, 5.74) is 12.3. The van der Waals surface area contributed by atoms with E-state index in [4.69, 9.17) is 0 Å². The Hall–Kier alpha value is -3.53. The van der Waals surface area contributed by atoms with Crippen molar-refractivity contribution in [3.8, 4) is 0 Å². The van der Waals surface area contributed by atoms with Gasteiger partial charge < -0.3 is 4.81 Å². The first kappa shape index (κ1) is 22.9. The van der Waals surface area contributed by atoms with Crippen LogP contribution in [0.3, 0.4) is 0 Å². The number of anilines is 4. The van der Waals surface area contributed by atoms with Crippen molar-refractivity contribution in [2.24, 2.45) is 7.05 Å². The molecule has 0 bridgehead atoms. The third-order valence-corrected chi connectivity index (χ3v) is 8.03. The van der Waals surface area contributed by atoms with Gasteiger partial charge in [-0.25, -0.2) is 4.57 Å². The number of hydrogen-bond acceptors (Lipinski definition) is 2. The van der Waals surface area contributed by atoms with Crippen molar-refractivity contribution in [1.82, 2.24) is 0 Å². The molecule has 2 aliphatic rings. The maximum Gasteiger partial charge on any atom is 0.543 e. The molecular weight excluding hydrogens is 437 g/mol. The summed E-state index contributed by atoms with van der Waals surface area (Å²) in [5, 5.41) is 0. The highest BCUT2D eigenvalue weighted by molar-refractivity contribution is 6.85. The molecule has 0 radical (unpaired) electrons. The molecule has 180 valence electrons. The van der Waals surface area contributed by atoms with E-state index in [0.717, 1.165) is 12.8 Å². The van der Waals surface area contributed by atoms with Crippen LogP contribution in [-0.2, 0) is 25.3 Å². The summed E-state index contributed by atoms with van der Waals surface area (Å²) in [7, 11) is 2.18. The first-order chi connectivity index (χ1) is 17.3. The molecule has 0 spiro atoms. The Bertz CT molecular complexity index is 1480. The number of aryl methyl sites for hydroxylation is 5. The van der Waals surface area contributed by atoms with Gasteiger partial charge in [-0.05, 0) is 78.1 Å². The summed E-state index contributed by atoms with van der Waals surface area (Å²) < 4.78 is 2.29. The minimum absolute atomic E-state index is 0.0418. The fraction of sp³-hybridized carbons (Fsp3) is 0.281. The van der Waals surface area contributed by atoms with Gasteiger partial charge >= 0.3 is 6.98 Å². The minimum atomic E-state index is 0.0418. The Morgan fingerprint density at radius 2 is 1.42 bits per heavy atom. The second kappa shape index (κ2) is 8.26. The van der Waals surface area contributed by atoms with E-state index in [2.05, 4.69) is 135 Å². The molecule has 3 heterocycles. The van der Waals surface area contributed by atoms with Gasteiger partial charge in [-0.1, -0.05) is 69.3 Å². The standard InChI is InChI=1S/C32H35BN3/c1-22-11-9-14-25-18-17-24-13-7-8-15-27(24)35-28-16-10-12-23(2)31(28)36(33(35)30(22)25)29-21-26(32(3,4)5)19-20-34(29)6/h7-16,19-21H,17-18H2,1-6H3/q+1. The van der Waals surface area contributed by atoms with Crippen LogP contribution in [0.5, 0.6) is 0 Å². The van der Waals surface area contributed by atoms with Gasteiger partial charge in [0.05, 0.1) is 18.9 Å². The summed E-state index contributed by atoms with van der Waals surface area (Å²) in [6, 6.07) is 27.3. The molecule has 2 aliphatic heterocycles. The van der Waals surface area contributed by atoms with Gasteiger partial charge in [0.1, 0.15) is 5.69 Å². The first-order valence-electron chi connectivity index (χ1n) is 13.1. The molecule has 3 nitrogen and oxygen atoms in total. The molecule has 0 fully saturated rings. The number of aromatic nitrogens is 1. The van der Waals surface area contributed by atoms with E-state index in [1.54, 1.807) is 0 Å². The molecule has 3 aromatic carbocycles. The van der Waals surface area contributed by atoms with Crippen molar-refractivity contribution in [3.05, 3.63) is 107 Å². The van der Waals surface area contributed by atoms with Crippen LogP contribution in [0.1, 0.15) is 48.6 Å². The Balaban J connectivity index is 1.72. The Labute approximate surface area is 216 Å². The molecule has 4 aromatic rings. The average molecular weight is 472 g/mol. The van der Waals surface area contributed by atoms with Crippen molar-refractivity contribution in [2.45, 2.75) is 52.9 Å². The number of fused-ring (bicyclic) bond motifs is 7. The summed E-state index contributed by atoms with van der Waals surface area (Å²) >= 11 is 0. The molecule has 4 heteroatoms. The van der Waals surface area contributed by atoms with E-state index in [1.807, 2.05) is 0 Å². The van der Waals surface area contributed by atoms with E-state index >= 15 is 0 Å². The van der Waals surface area contributed by atoms with Crippen LogP contribution in [0.2, 0.25) is 0 Å². The van der Waals surface area contributed by atoms with Crippen LogP contribution in [0.25, 0.3) is 0 Å². The lowest BCUT2D eigenvalue weighted by Crippen LogP contribution is -2.58. The van der Waals surface area contributed by atoms with Crippen molar-refractivity contribution >= 4 is 35.3 Å². The van der Waals surface area contributed by atoms with Gasteiger partial charge in [0.15, 0.2) is 0 Å². The molecule has 0 unspecified atom stereocenters. The molecule has 0 N–H and O–H groups in total.